The van der Waals surface area contributed by atoms with Crippen LogP contribution in [0.4, 0.5) is 9.59 Å². The zero-order chi connectivity index (χ0) is 30.7. The van der Waals surface area contributed by atoms with Crippen molar-refractivity contribution in [1.82, 2.24) is 10.2 Å². The highest BCUT2D eigenvalue weighted by Gasteiger charge is 2.44. The fraction of sp³-hybridized carbons (Fsp3) is 0.676. The maximum atomic E-state index is 13.2. The maximum Gasteiger partial charge on any atom is 0.418 e. The largest absolute Gasteiger partial charge is 0.493 e. The van der Waals surface area contributed by atoms with Crippen molar-refractivity contribution in [3.05, 3.63) is 40.6 Å². The van der Waals surface area contributed by atoms with E-state index in [2.05, 4.69) is 12.2 Å². The fourth-order valence-electron chi connectivity index (χ4n) is 5.60. The molecule has 1 heterocycles. The predicted molar refractivity (Wildman–Crippen MR) is 166 cm³/mol. The Labute approximate surface area is 253 Å². The second-order valence-corrected chi connectivity index (χ2v) is 10.9. The summed E-state index contributed by atoms with van der Waals surface area (Å²) in [6, 6.07) is 4.05. The average molecular weight is 587 g/mol. The number of nitrogens with zero attached hydrogens (tertiary/aromatic N) is 1. The van der Waals surface area contributed by atoms with Gasteiger partial charge in [0.2, 0.25) is 0 Å². The molecule has 1 atom stereocenters. The monoisotopic (exact) mass is 586 g/mol. The molecule has 0 aromatic heterocycles. The van der Waals surface area contributed by atoms with Crippen LogP contribution in [0.2, 0.25) is 0 Å². The number of hydrogen-bond acceptors (Lipinski definition) is 6. The van der Waals surface area contributed by atoms with Crippen LogP contribution in [0.25, 0.3) is 0 Å². The van der Waals surface area contributed by atoms with Gasteiger partial charge in [0.25, 0.3) is 0 Å². The van der Waals surface area contributed by atoms with Crippen LogP contribution in [0.15, 0.2) is 29.5 Å². The van der Waals surface area contributed by atoms with Crippen LogP contribution in [-0.2, 0) is 20.7 Å². The van der Waals surface area contributed by atoms with E-state index in [-0.39, 0.29) is 18.8 Å². The zero-order valence-electron chi connectivity index (χ0n) is 26.7. The number of hydrogen-bond donors (Lipinski definition) is 1. The third-order valence-electron chi connectivity index (χ3n) is 7.69. The smallest absolute Gasteiger partial charge is 0.418 e. The van der Waals surface area contributed by atoms with Gasteiger partial charge in [-0.15, -0.1) is 0 Å². The number of ether oxygens (including phenoxy) is 3. The molecule has 1 aliphatic heterocycles. The van der Waals surface area contributed by atoms with E-state index in [1.54, 1.807) is 20.8 Å². The normalized spacial score (nSPS) is 15.0. The Bertz CT molecular complexity index is 1020. The number of allylic oxidation sites excluding steroid dienone is 1. The molecule has 0 saturated heterocycles. The van der Waals surface area contributed by atoms with Gasteiger partial charge < -0.3 is 19.5 Å². The van der Waals surface area contributed by atoms with E-state index >= 15 is 0 Å². The number of unbranched alkanes of at least 4 members (excludes halogenated alkanes) is 12. The first-order valence-corrected chi connectivity index (χ1v) is 16.3. The quantitative estimate of drug-likeness (QED) is 0.121. The van der Waals surface area contributed by atoms with Gasteiger partial charge in [-0.2, -0.15) is 0 Å². The number of urea groups is 1. The lowest BCUT2D eigenvalue weighted by molar-refractivity contribution is -0.139. The summed E-state index contributed by atoms with van der Waals surface area (Å²) in [5.74, 6) is -0.0548. The Morgan fingerprint density at radius 3 is 1.90 bits per heavy atom. The molecule has 0 radical (unpaired) electrons. The predicted octanol–water partition coefficient (Wildman–Crippen LogP) is 8.78. The number of imide groups is 1. The minimum atomic E-state index is -1.03. The minimum Gasteiger partial charge on any atom is -0.493 e. The molecule has 8 heteroatoms. The highest BCUT2D eigenvalue weighted by atomic mass is 16.6. The third kappa shape index (κ3) is 10.7. The fourth-order valence-corrected chi connectivity index (χ4v) is 5.60. The molecule has 236 valence electrons. The van der Waals surface area contributed by atoms with E-state index in [9.17, 15) is 14.4 Å². The number of benzene rings is 1. The van der Waals surface area contributed by atoms with E-state index in [1.165, 1.54) is 70.6 Å². The van der Waals surface area contributed by atoms with Crippen molar-refractivity contribution >= 4 is 18.1 Å². The Kier molecular flexibility index (Phi) is 16.7. The van der Waals surface area contributed by atoms with Gasteiger partial charge in [0, 0.05) is 11.3 Å². The molecular formula is C34H54N2O6. The van der Waals surface area contributed by atoms with Crippen LogP contribution in [-0.4, -0.2) is 42.8 Å². The van der Waals surface area contributed by atoms with Gasteiger partial charge in [-0.05, 0) is 52.2 Å². The minimum absolute atomic E-state index is 0.0890. The van der Waals surface area contributed by atoms with Crippen LogP contribution < -0.4 is 10.1 Å². The molecule has 0 bridgehead atoms. The molecule has 0 spiro atoms. The summed E-state index contributed by atoms with van der Waals surface area (Å²) in [5.41, 5.74) is 2.11. The van der Waals surface area contributed by atoms with Crippen LogP contribution in [0.5, 0.6) is 5.75 Å². The lowest BCUT2D eigenvalue weighted by Gasteiger charge is -2.37. The molecule has 3 amide bonds. The first-order chi connectivity index (χ1) is 20.4. The molecule has 1 unspecified atom stereocenters. The van der Waals surface area contributed by atoms with E-state index < -0.39 is 24.1 Å². The number of aryl methyl sites for hydroxylation is 1. The lowest BCUT2D eigenvalue weighted by atomic mass is 9.88. The summed E-state index contributed by atoms with van der Waals surface area (Å²) >= 11 is 0. The Balaban J connectivity index is 2.17. The zero-order valence-corrected chi connectivity index (χ0v) is 26.7. The van der Waals surface area contributed by atoms with Crippen molar-refractivity contribution in [3.8, 4) is 5.75 Å². The lowest BCUT2D eigenvalue weighted by Crippen LogP contribution is -2.51. The van der Waals surface area contributed by atoms with Crippen molar-refractivity contribution in [2.45, 2.75) is 131 Å². The van der Waals surface area contributed by atoms with Crippen molar-refractivity contribution in [2.24, 2.45) is 0 Å². The second kappa shape index (κ2) is 20.0. The number of esters is 1. The molecular weight excluding hydrogens is 532 g/mol. The molecule has 1 aromatic carbocycles. The first kappa shape index (κ1) is 35.2. The van der Waals surface area contributed by atoms with Crippen LogP contribution >= 0.6 is 0 Å². The van der Waals surface area contributed by atoms with Gasteiger partial charge >= 0.3 is 18.1 Å². The first-order valence-electron chi connectivity index (χ1n) is 16.3. The van der Waals surface area contributed by atoms with Gasteiger partial charge in [-0.3, -0.25) is 0 Å². The summed E-state index contributed by atoms with van der Waals surface area (Å²) in [7, 11) is 0. The average Bonchev–Trinajstić information content (AvgIpc) is 2.95. The highest BCUT2D eigenvalue weighted by Crippen LogP contribution is 2.41. The number of carbonyl (C=O) groups is 3. The maximum absolute atomic E-state index is 13.2. The number of nitrogens with one attached hydrogen (secondary N) is 1. The summed E-state index contributed by atoms with van der Waals surface area (Å²) < 4.78 is 16.7. The summed E-state index contributed by atoms with van der Waals surface area (Å²) in [6.07, 6.45) is 16.4. The molecule has 0 saturated carbocycles. The van der Waals surface area contributed by atoms with Crippen LogP contribution in [0.3, 0.4) is 0 Å². The van der Waals surface area contributed by atoms with E-state index in [4.69, 9.17) is 14.2 Å². The Hall–Kier alpha value is -3.03. The molecule has 2 rings (SSSR count). The highest BCUT2D eigenvalue weighted by molar-refractivity contribution is 6.00. The third-order valence-corrected chi connectivity index (χ3v) is 7.69. The Morgan fingerprint density at radius 1 is 0.786 bits per heavy atom. The number of amides is 3. The van der Waals surface area contributed by atoms with Crippen molar-refractivity contribution in [3.63, 3.8) is 0 Å². The van der Waals surface area contributed by atoms with Crippen molar-refractivity contribution in [1.29, 1.82) is 0 Å². The molecule has 1 aliphatic rings. The molecule has 42 heavy (non-hydrogen) atoms. The van der Waals surface area contributed by atoms with Gasteiger partial charge in [0.15, 0.2) is 0 Å². The molecule has 8 nitrogen and oxygen atoms in total. The molecule has 0 fully saturated rings. The second-order valence-electron chi connectivity index (χ2n) is 10.9. The summed E-state index contributed by atoms with van der Waals surface area (Å²) in [5, 5.41) is 2.65. The molecule has 0 aliphatic carbocycles. The number of carbonyl (C=O) groups excluding carboxylic acids is 3. The van der Waals surface area contributed by atoms with Crippen molar-refractivity contribution in [2.75, 3.05) is 19.8 Å². The van der Waals surface area contributed by atoms with E-state index in [0.717, 1.165) is 29.7 Å². The van der Waals surface area contributed by atoms with Crippen LogP contribution in [0.1, 0.15) is 135 Å². The topological polar surface area (TPSA) is 94.2 Å². The number of rotatable bonds is 20. The van der Waals surface area contributed by atoms with E-state index in [0.29, 0.717) is 23.6 Å². The van der Waals surface area contributed by atoms with Gasteiger partial charge in [-0.25, -0.2) is 19.3 Å². The summed E-state index contributed by atoms with van der Waals surface area (Å²) in [6.45, 7) is 9.83. The van der Waals surface area contributed by atoms with Crippen LogP contribution in [0, 0.1) is 0 Å². The molecule has 1 N–H and O–H groups in total. The Morgan fingerprint density at radius 2 is 1.36 bits per heavy atom. The molecule has 1 aromatic rings. The van der Waals surface area contributed by atoms with Gasteiger partial charge in [-0.1, -0.05) is 96.1 Å². The summed E-state index contributed by atoms with van der Waals surface area (Å²) in [4.78, 5) is 40.5. The van der Waals surface area contributed by atoms with Gasteiger partial charge in [0.05, 0.1) is 25.4 Å². The SMILES string of the molecule is CCCCCCCCCCCCCCCc1cccc(OCC)c1C1C(C(=O)OCC)=C(C)NC(=O)N1C(=O)OCC. The van der Waals surface area contributed by atoms with E-state index in [1.807, 2.05) is 25.1 Å². The standard InChI is InChI=1S/C34H54N2O6/c1-6-10-11-12-13-14-15-16-17-18-19-20-21-23-27-24-22-25-28(40-7-2)30(27)31-29(32(37)41-8-3)26(5)35-33(38)36(31)34(39)42-9-4/h22,24-25,31H,6-21,23H2,1-5H3,(H,35,38). The van der Waals surface area contributed by atoms with Crippen molar-refractivity contribution < 1.29 is 28.6 Å². The van der Waals surface area contributed by atoms with Gasteiger partial charge in [0.1, 0.15) is 11.8 Å².